The Balaban J connectivity index is 1.93. The van der Waals surface area contributed by atoms with Gasteiger partial charge in [0.05, 0.1) is 0 Å². The molecular weight excluding hydrogens is 420 g/mol. The highest BCUT2D eigenvalue weighted by atomic mass is 16.6. The second kappa shape index (κ2) is 9.98. The number of aryl methyl sites for hydroxylation is 1. The first-order chi connectivity index (χ1) is 15.7. The zero-order chi connectivity index (χ0) is 24.2. The molecule has 2 aromatic rings. The van der Waals surface area contributed by atoms with E-state index in [9.17, 15) is 19.8 Å². The number of hydrogen-bond donors (Lipinski definition) is 3. The molecule has 1 aliphatic heterocycles. The number of phenols is 1. The van der Waals surface area contributed by atoms with Crippen molar-refractivity contribution in [2.24, 2.45) is 11.7 Å². The Hall–Kier alpha value is -3.48. The summed E-state index contributed by atoms with van der Waals surface area (Å²) in [6.07, 6.45) is 2.07. The van der Waals surface area contributed by atoms with Gasteiger partial charge in [-0.05, 0) is 61.1 Å². The topological polar surface area (TPSA) is 113 Å². The van der Waals surface area contributed by atoms with Crippen LogP contribution in [-0.4, -0.2) is 34.2 Å². The SMILES string of the molecule is CCCN(C1=C(O)CC(CCc2ccc(O)cc2)(C(C)C)OC1=O)c1cccc(C(N)=O)c1. The van der Waals surface area contributed by atoms with E-state index >= 15 is 0 Å². The number of aliphatic hydroxyl groups excluding tert-OH is 1. The van der Waals surface area contributed by atoms with Gasteiger partial charge in [0.25, 0.3) is 0 Å². The number of esters is 1. The van der Waals surface area contributed by atoms with Gasteiger partial charge in [0, 0.05) is 24.2 Å². The van der Waals surface area contributed by atoms with Gasteiger partial charge in [-0.25, -0.2) is 4.79 Å². The van der Waals surface area contributed by atoms with E-state index in [1.807, 2.05) is 32.9 Å². The molecule has 0 radical (unpaired) electrons. The molecule has 176 valence electrons. The van der Waals surface area contributed by atoms with E-state index < -0.39 is 17.5 Å². The van der Waals surface area contributed by atoms with Crippen molar-refractivity contribution in [1.82, 2.24) is 0 Å². The third kappa shape index (κ3) is 5.30. The van der Waals surface area contributed by atoms with E-state index in [1.54, 1.807) is 41.3 Å². The average Bonchev–Trinajstić information content (AvgIpc) is 2.77. The van der Waals surface area contributed by atoms with Gasteiger partial charge in [-0.2, -0.15) is 0 Å². The highest BCUT2D eigenvalue weighted by Crippen LogP contribution is 2.40. The van der Waals surface area contributed by atoms with Crippen molar-refractivity contribution in [3.8, 4) is 5.75 Å². The molecule has 0 aromatic heterocycles. The Labute approximate surface area is 194 Å². The number of nitrogens with zero attached hydrogens (tertiary/aromatic N) is 1. The number of aliphatic hydroxyl groups is 1. The number of anilines is 1. The molecule has 0 bridgehead atoms. The van der Waals surface area contributed by atoms with Crippen LogP contribution in [0.4, 0.5) is 5.69 Å². The summed E-state index contributed by atoms with van der Waals surface area (Å²) >= 11 is 0. The van der Waals surface area contributed by atoms with Gasteiger partial charge in [-0.1, -0.05) is 39.0 Å². The minimum Gasteiger partial charge on any atom is -0.510 e. The predicted molar refractivity (Wildman–Crippen MR) is 127 cm³/mol. The highest BCUT2D eigenvalue weighted by molar-refractivity contribution is 5.96. The number of hydrogen-bond acceptors (Lipinski definition) is 6. The first-order valence-corrected chi connectivity index (χ1v) is 11.3. The van der Waals surface area contributed by atoms with E-state index in [2.05, 4.69) is 0 Å². The molecule has 1 atom stereocenters. The van der Waals surface area contributed by atoms with Crippen LogP contribution in [0.25, 0.3) is 0 Å². The predicted octanol–water partition coefficient (Wildman–Crippen LogP) is 4.45. The van der Waals surface area contributed by atoms with Gasteiger partial charge in [-0.15, -0.1) is 0 Å². The largest absolute Gasteiger partial charge is 0.510 e. The summed E-state index contributed by atoms with van der Waals surface area (Å²) in [4.78, 5) is 26.6. The van der Waals surface area contributed by atoms with Gasteiger partial charge < -0.3 is 25.6 Å². The lowest BCUT2D eigenvalue weighted by atomic mass is 9.79. The van der Waals surface area contributed by atoms with Crippen molar-refractivity contribution in [3.05, 3.63) is 71.1 Å². The fourth-order valence-corrected chi connectivity index (χ4v) is 4.21. The van der Waals surface area contributed by atoms with Gasteiger partial charge in [0.1, 0.15) is 17.1 Å². The van der Waals surface area contributed by atoms with Crippen molar-refractivity contribution >= 4 is 17.6 Å². The van der Waals surface area contributed by atoms with Crippen molar-refractivity contribution < 1.29 is 24.5 Å². The molecule has 7 nitrogen and oxygen atoms in total. The lowest BCUT2D eigenvalue weighted by Crippen LogP contribution is -2.48. The first kappa shape index (κ1) is 24.2. The van der Waals surface area contributed by atoms with Crippen LogP contribution in [0.15, 0.2) is 60.0 Å². The lowest BCUT2D eigenvalue weighted by molar-refractivity contribution is -0.166. The Morgan fingerprint density at radius 3 is 2.45 bits per heavy atom. The molecular formula is C26H32N2O5. The molecule has 1 aliphatic rings. The smallest absolute Gasteiger partial charge is 0.359 e. The molecule has 0 spiro atoms. The summed E-state index contributed by atoms with van der Waals surface area (Å²) in [6.45, 7) is 6.37. The summed E-state index contributed by atoms with van der Waals surface area (Å²) in [5, 5.41) is 20.6. The number of primary amides is 1. The average molecular weight is 453 g/mol. The fraction of sp³-hybridized carbons (Fsp3) is 0.385. The number of amides is 1. The summed E-state index contributed by atoms with van der Waals surface area (Å²) in [7, 11) is 0. The summed E-state index contributed by atoms with van der Waals surface area (Å²) in [5.41, 5.74) is 6.59. The maximum Gasteiger partial charge on any atom is 0.359 e. The number of cyclic esters (lactones) is 1. The van der Waals surface area contributed by atoms with Crippen LogP contribution in [0.5, 0.6) is 5.75 Å². The number of ether oxygens (including phenoxy) is 1. The van der Waals surface area contributed by atoms with Crippen LogP contribution < -0.4 is 10.6 Å². The molecule has 0 saturated carbocycles. The third-order valence-electron chi connectivity index (χ3n) is 6.21. The molecule has 4 N–H and O–H groups in total. The molecule has 0 aliphatic carbocycles. The number of phenolic OH excluding ortho intramolecular Hbond substituents is 1. The van der Waals surface area contributed by atoms with Crippen LogP contribution >= 0.6 is 0 Å². The van der Waals surface area contributed by atoms with E-state index in [-0.39, 0.29) is 29.5 Å². The van der Waals surface area contributed by atoms with Crippen LogP contribution in [0.3, 0.4) is 0 Å². The molecule has 1 heterocycles. The monoisotopic (exact) mass is 452 g/mol. The molecule has 2 aromatic carbocycles. The Kier molecular flexibility index (Phi) is 7.31. The summed E-state index contributed by atoms with van der Waals surface area (Å²) in [6, 6.07) is 13.6. The molecule has 0 saturated heterocycles. The molecule has 0 fully saturated rings. The van der Waals surface area contributed by atoms with Crippen molar-refractivity contribution in [3.63, 3.8) is 0 Å². The summed E-state index contributed by atoms with van der Waals surface area (Å²) < 4.78 is 6.05. The van der Waals surface area contributed by atoms with E-state index in [4.69, 9.17) is 10.5 Å². The minimum absolute atomic E-state index is 0.0245. The minimum atomic E-state index is -0.852. The number of aromatic hydroxyl groups is 1. The van der Waals surface area contributed by atoms with Gasteiger partial charge in [0.15, 0.2) is 5.70 Å². The standard InChI is InChI=1S/C26H32N2O5/c1-4-14-28(20-7-5-6-19(15-20)24(27)31)23-22(30)16-26(17(2)3,33-25(23)32)13-12-18-8-10-21(29)11-9-18/h5-11,15,17,29-30H,4,12-14,16H2,1-3H3,(H2,27,31). The second-order valence-corrected chi connectivity index (χ2v) is 8.81. The number of carbonyl (C=O) groups excluding carboxylic acids is 2. The van der Waals surface area contributed by atoms with E-state index in [1.165, 1.54) is 0 Å². The lowest BCUT2D eigenvalue weighted by Gasteiger charge is -2.42. The fourth-order valence-electron chi connectivity index (χ4n) is 4.21. The van der Waals surface area contributed by atoms with Crippen LogP contribution in [0.1, 0.15) is 56.0 Å². The van der Waals surface area contributed by atoms with Crippen molar-refractivity contribution in [1.29, 1.82) is 0 Å². The number of nitrogens with two attached hydrogens (primary N) is 1. The normalized spacial score (nSPS) is 18.4. The van der Waals surface area contributed by atoms with Crippen LogP contribution in [0.2, 0.25) is 0 Å². The maximum absolute atomic E-state index is 13.3. The van der Waals surface area contributed by atoms with Crippen LogP contribution in [0, 0.1) is 5.92 Å². The second-order valence-electron chi connectivity index (χ2n) is 8.81. The number of rotatable bonds is 9. The van der Waals surface area contributed by atoms with E-state index in [0.717, 1.165) is 5.56 Å². The Morgan fingerprint density at radius 1 is 1.18 bits per heavy atom. The molecule has 33 heavy (non-hydrogen) atoms. The number of benzene rings is 2. The van der Waals surface area contributed by atoms with Gasteiger partial charge in [-0.3, -0.25) is 4.79 Å². The Bertz CT molecular complexity index is 1040. The zero-order valence-electron chi connectivity index (χ0n) is 19.4. The van der Waals surface area contributed by atoms with Crippen molar-refractivity contribution in [2.75, 3.05) is 11.4 Å². The number of carbonyl (C=O) groups is 2. The highest BCUT2D eigenvalue weighted by Gasteiger charge is 2.45. The molecule has 3 rings (SSSR count). The van der Waals surface area contributed by atoms with Gasteiger partial charge >= 0.3 is 5.97 Å². The van der Waals surface area contributed by atoms with Crippen LogP contribution in [-0.2, 0) is 16.0 Å². The quantitative estimate of drug-likeness (QED) is 0.485. The van der Waals surface area contributed by atoms with Gasteiger partial charge in [0.2, 0.25) is 5.91 Å². The molecule has 1 unspecified atom stereocenters. The van der Waals surface area contributed by atoms with E-state index in [0.29, 0.717) is 37.1 Å². The summed E-state index contributed by atoms with van der Waals surface area (Å²) in [5.74, 6) is -1.01. The maximum atomic E-state index is 13.3. The molecule has 1 amide bonds. The first-order valence-electron chi connectivity index (χ1n) is 11.3. The molecule has 7 heteroatoms. The van der Waals surface area contributed by atoms with Crippen molar-refractivity contribution in [2.45, 2.75) is 52.1 Å². The third-order valence-corrected chi connectivity index (χ3v) is 6.21. The zero-order valence-corrected chi connectivity index (χ0v) is 19.4. The Morgan fingerprint density at radius 2 is 1.88 bits per heavy atom.